The molecule has 0 spiro atoms. The second kappa shape index (κ2) is 24.1. The van der Waals surface area contributed by atoms with Gasteiger partial charge in [-0.05, 0) is 48.1 Å². The van der Waals surface area contributed by atoms with Gasteiger partial charge < -0.3 is 33.7 Å². The standard InChI is InChI=1S/C49H57N3O8/c1-36(48(53)51-37(2)49(54)59-34-42-26-16-7-17-27-42)52-50-29-28-43-45(56-31-39-20-10-4-11-21-39)47(58-33-41-24-14-6-15-25-41)46(57-32-40-22-12-5-13-23-40)44(60-43)35-55-30-38-18-8-3-9-19-38/h3-27,36-37,43-47,50,52H,28-35H2,1-2H3,(H,51,53)/t36-,37-,43-,44+,45-,46-,47+/m0/s1. The van der Waals surface area contributed by atoms with E-state index in [0.717, 1.165) is 27.8 Å². The first-order chi connectivity index (χ1) is 29.4. The Morgan fingerprint density at radius 1 is 0.533 bits per heavy atom. The summed E-state index contributed by atoms with van der Waals surface area (Å²) in [4.78, 5) is 25.7. The van der Waals surface area contributed by atoms with Gasteiger partial charge in [0.15, 0.2) is 0 Å². The molecular weight excluding hydrogens is 759 g/mol. The lowest BCUT2D eigenvalue weighted by atomic mass is 9.92. The highest BCUT2D eigenvalue weighted by atomic mass is 16.6. The van der Waals surface area contributed by atoms with Crippen molar-refractivity contribution in [3.8, 4) is 0 Å². The summed E-state index contributed by atoms with van der Waals surface area (Å²) in [7, 11) is 0. The quantitative estimate of drug-likeness (QED) is 0.0367. The summed E-state index contributed by atoms with van der Waals surface area (Å²) in [6.07, 6.45) is -2.07. The van der Waals surface area contributed by atoms with E-state index in [0.29, 0.717) is 39.4 Å². The van der Waals surface area contributed by atoms with E-state index in [4.69, 9.17) is 28.4 Å². The minimum Gasteiger partial charge on any atom is -0.459 e. The second-order valence-electron chi connectivity index (χ2n) is 14.9. The zero-order valence-corrected chi connectivity index (χ0v) is 34.4. The number of carbonyl (C=O) groups excluding carboxylic acids is 2. The number of nitrogens with one attached hydrogen (secondary N) is 3. The number of amides is 1. The fourth-order valence-corrected chi connectivity index (χ4v) is 6.87. The smallest absolute Gasteiger partial charge is 0.328 e. The molecule has 1 saturated heterocycles. The van der Waals surface area contributed by atoms with Gasteiger partial charge in [0.1, 0.15) is 37.1 Å². The van der Waals surface area contributed by atoms with Crippen molar-refractivity contribution in [2.24, 2.45) is 0 Å². The number of hydrogen-bond donors (Lipinski definition) is 3. The van der Waals surface area contributed by atoms with Crippen molar-refractivity contribution in [1.29, 1.82) is 0 Å². The molecule has 11 nitrogen and oxygen atoms in total. The zero-order chi connectivity index (χ0) is 41.8. The Balaban J connectivity index is 1.15. The van der Waals surface area contributed by atoms with Gasteiger partial charge in [-0.1, -0.05) is 152 Å². The maximum Gasteiger partial charge on any atom is 0.328 e. The average molecular weight is 816 g/mol. The zero-order valence-electron chi connectivity index (χ0n) is 34.4. The lowest BCUT2D eigenvalue weighted by Crippen LogP contribution is -2.61. The van der Waals surface area contributed by atoms with Crippen molar-refractivity contribution < 1.29 is 38.0 Å². The molecule has 1 aliphatic rings. The summed E-state index contributed by atoms with van der Waals surface area (Å²) in [6, 6.07) is 48.1. The maximum atomic E-state index is 13.1. The van der Waals surface area contributed by atoms with Gasteiger partial charge in [-0.25, -0.2) is 10.2 Å². The molecule has 7 atom stereocenters. The Morgan fingerprint density at radius 3 is 1.43 bits per heavy atom. The molecule has 5 aromatic rings. The molecule has 6 rings (SSSR count). The van der Waals surface area contributed by atoms with E-state index in [-0.39, 0.29) is 19.1 Å². The third-order valence-corrected chi connectivity index (χ3v) is 10.2. The maximum absolute atomic E-state index is 13.1. The van der Waals surface area contributed by atoms with Gasteiger partial charge >= 0.3 is 5.97 Å². The highest BCUT2D eigenvalue weighted by Crippen LogP contribution is 2.32. The molecule has 1 heterocycles. The summed E-state index contributed by atoms with van der Waals surface area (Å²) < 4.78 is 39.1. The molecule has 3 N–H and O–H groups in total. The number of rotatable bonds is 23. The topological polar surface area (TPSA) is 126 Å². The van der Waals surface area contributed by atoms with E-state index in [2.05, 4.69) is 16.2 Å². The average Bonchev–Trinajstić information content (AvgIpc) is 3.29. The number of esters is 1. The van der Waals surface area contributed by atoms with Gasteiger partial charge in [-0.3, -0.25) is 10.2 Å². The number of hydrazine groups is 1. The van der Waals surface area contributed by atoms with Crippen LogP contribution in [0.3, 0.4) is 0 Å². The van der Waals surface area contributed by atoms with Gasteiger partial charge in [0.25, 0.3) is 0 Å². The van der Waals surface area contributed by atoms with Crippen LogP contribution in [0.4, 0.5) is 0 Å². The molecule has 0 radical (unpaired) electrons. The van der Waals surface area contributed by atoms with E-state index in [1.54, 1.807) is 13.8 Å². The highest BCUT2D eigenvalue weighted by Gasteiger charge is 2.48. The second-order valence-corrected chi connectivity index (χ2v) is 14.9. The molecule has 316 valence electrons. The van der Waals surface area contributed by atoms with Crippen molar-refractivity contribution >= 4 is 11.9 Å². The van der Waals surface area contributed by atoms with E-state index >= 15 is 0 Å². The van der Waals surface area contributed by atoms with E-state index in [9.17, 15) is 9.59 Å². The number of benzene rings is 5. The van der Waals surface area contributed by atoms with Gasteiger partial charge in [0.2, 0.25) is 5.91 Å². The Kier molecular flexibility index (Phi) is 17.8. The molecule has 0 saturated carbocycles. The van der Waals surface area contributed by atoms with Crippen LogP contribution in [0.15, 0.2) is 152 Å². The number of hydrogen-bond acceptors (Lipinski definition) is 10. The first-order valence-corrected chi connectivity index (χ1v) is 20.7. The molecule has 1 aliphatic heterocycles. The Morgan fingerprint density at radius 2 is 0.950 bits per heavy atom. The van der Waals surface area contributed by atoms with Crippen LogP contribution in [0.5, 0.6) is 0 Å². The van der Waals surface area contributed by atoms with Crippen LogP contribution in [0.1, 0.15) is 48.1 Å². The van der Waals surface area contributed by atoms with Crippen LogP contribution < -0.4 is 16.2 Å². The van der Waals surface area contributed by atoms with Gasteiger partial charge in [-0.2, -0.15) is 0 Å². The summed E-state index contributed by atoms with van der Waals surface area (Å²) in [5, 5.41) is 2.74. The van der Waals surface area contributed by atoms with Gasteiger partial charge in [0.05, 0.1) is 45.2 Å². The van der Waals surface area contributed by atoms with Crippen molar-refractivity contribution in [1.82, 2.24) is 16.2 Å². The molecular formula is C49H57N3O8. The van der Waals surface area contributed by atoms with Crippen molar-refractivity contribution in [3.63, 3.8) is 0 Å². The highest BCUT2D eigenvalue weighted by molar-refractivity contribution is 5.87. The van der Waals surface area contributed by atoms with Crippen molar-refractivity contribution in [2.45, 2.75) is 95.9 Å². The Labute approximate surface area is 353 Å². The SMILES string of the molecule is C[C@H](NNCC[C@@H]1O[C@H](COCc2ccccc2)[C@H](OCc2ccccc2)[C@H](OCc2ccccc2)[C@H]1OCc1ccccc1)C(=O)N[C@@H](C)C(=O)OCc1ccccc1. The third kappa shape index (κ3) is 14.2. The Hall–Kier alpha value is -5.24. The molecule has 5 aromatic carbocycles. The predicted octanol–water partition coefficient (Wildman–Crippen LogP) is 6.85. The van der Waals surface area contributed by atoms with Crippen molar-refractivity contribution in [2.75, 3.05) is 13.2 Å². The van der Waals surface area contributed by atoms with E-state index in [1.165, 1.54) is 0 Å². The Bertz CT molecular complexity index is 1960. The van der Waals surface area contributed by atoms with Crippen molar-refractivity contribution in [3.05, 3.63) is 179 Å². The lowest BCUT2D eigenvalue weighted by molar-refractivity contribution is -0.273. The molecule has 0 unspecified atom stereocenters. The number of carbonyl (C=O) groups is 2. The summed E-state index contributed by atoms with van der Waals surface area (Å²) in [6.45, 7) is 5.57. The minimum atomic E-state index is -0.824. The molecule has 1 amide bonds. The molecule has 0 aliphatic carbocycles. The molecule has 0 aromatic heterocycles. The molecule has 60 heavy (non-hydrogen) atoms. The fourth-order valence-electron chi connectivity index (χ4n) is 6.87. The first-order valence-electron chi connectivity index (χ1n) is 20.7. The summed E-state index contributed by atoms with van der Waals surface area (Å²) in [5.41, 5.74) is 11.3. The summed E-state index contributed by atoms with van der Waals surface area (Å²) >= 11 is 0. The van der Waals surface area contributed by atoms with Crippen LogP contribution in [-0.2, 0) is 71.0 Å². The third-order valence-electron chi connectivity index (χ3n) is 10.2. The summed E-state index contributed by atoms with van der Waals surface area (Å²) in [5.74, 6) is -0.867. The molecule has 1 fully saturated rings. The van der Waals surface area contributed by atoms with Crippen LogP contribution >= 0.6 is 0 Å². The fraction of sp³-hybridized carbons (Fsp3) is 0.347. The molecule has 11 heteroatoms. The minimum absolute atomic E-state index is 0.132. The normalized spacial score (nSPS) is 19.9. The van der Waals surface area contributed by atoms with Crippen LogP contribution in [-0.4, -0.2) is 67.6 Å². The van der Waals surface area contributed by atoms with Crippen LogP contribution in [0, 0.1) is 0 Å². The largest absolute Gasteiger partial charge is 0.459 e. The van der Waals surface area contributed by atoms with Crippen LogP contribution in [0.2, 0.25) is 0 Å². The first kappa shape index (κ1) is 44.3. The predicted molar refractivity (Wildman–Crippen MR) is 229 cm³/mol. The lowest BCUT2D eigenvalue weighted by Gasteiger charge is -2.46. The van der Waals surface area contributed by atoms with Gasteiger partial charge in [0, 0.05) is 6.54 Å². The number of ether oxygens (including phenoxy) is 6. The van der Waals surface area contributed by atoms with Gasteiger partial charge in [-0.15, -0.1) is 0 Å². The monoisotopic (exact) mass is 815 g/mol. The van der Waals surface area contributed by atoms with E-state index < -0.39 is 48.6 Å². The van der Waals surface area contributed by atoms with E-state index in [1.807, 2.05) is 152 Å². The molecule has 0 bridgehead atoms. The van der Waals surface area contributed by atoms with Crippen LogP contribution in [0.25, 0.3) is 0 Å².